The first-order valence-corrected chi connectivity index (χ1v) is 11.4. The molecule has 2 aromatic carbocycles. The van der Waals surface area contributed by atoms with E-state index in [-0.39, 0.29) is 11.7 Å². The van der Waals surface area contributed by atoms with Crippen molar-refractivity contribution < 1.29 is 27.8 Å². The zero-order chi connectivity index (χ0) is 23.8. The number of alkyl halides is 3. The van der Waals surface area contributed by atoms with Crippen LogP contribution in [0.25, 0.3) is 5.57 Å². The van der Waals surface area contributed by atoms with E-state index in [0.29, 0.717) is 42.5 Å². The van der Waals surface area contributed by atoms with Crippen molar-refractivity contribution in [2.75, 3.05) is 5.32 Å². The van der Waals surface area contributed by atoms with Crippen LogP contribution in [0.1, 0.15) is 74.3 Å². The molecule has 0 saturated carbocycles. The standard InChI is InChI=1S/C26H28F3NO3/c1-3-25(4-2)15-17(20-11-9-18(26(27,28)29)13-23(20)33-25)12-24(32)30-19-10-8-16-6-5-7-22(31)21(16)14-19/h8-14,22,31H,3-7,15H2,1-2H3,(H,30,32)/b17-12+/t22-/m1/s1. The van der Waals surface area contributed by atoms with Crippen molar-refractivity contribution >= 4 is 17.2 Å². The van der Waals surface area contributed by atoms with Crippen LogP contribution in [0, 0.1) is 0 Å². The monoisotopic (exact) mass is 459 g/mol. The predicted octanol–water partition coefficient (Wildman–Crippen LogP) is 6.44. The number of anilines is 1. The lowest BCUT2D eigenvalue weighted by Crippen LogP contribution is -2.38. The van der Waals surface area contributed by atoms with E-state index in [1.54, 1.807) is 6.07 Å². The summed E-state index contributed by atoms with van der Waals surface area (Å²) in [6.07, 6.45) is 0.582. The SMILES string of the molecule is CCC1(CC)C/C(=C\C(=O)Nc2ccc3c(c2)[C@H](O)CCC3)c2ccc(C(F)(F)F)cc2O1. The molecule has 0 unspecified atom stereocenters. The lowest BCUT2D eigenvalue weighted by Gasteiger charge is -2.39. The number of aliphatic hydroxyl groups excluding tert-OH is 1. The molecule has 1 aliphatic heterocycles. The molecule has 0 saturated heterocycles. The highest BCUT2D eigenvalue weighted by molar-refractivity contribution is 6.04. The number of ether oxygens (including phenoxy) is 1. The van der Waals surface area contributed by atoms with Crippen LogP contribution in [-0.4, -0.2) is 16.6 Å². The minimum absolute atomic E-state index is 0.149. The van der Waals surface area contributed by atoms with E-state index < -0.39 is 23.4 Å². The Bertz CT molecular complexity index is 1090. The molecule has 176 valence electrons. The quantitative estimate of drug-likeness (QED) is 0.518. The lowest BCUT2D eigenvalue weighted by atomic mass is 9.82. The van der Waals surface area contributed by atoms with Crippen LogP contribution in [-0.2, 0) is 17.4 Å². The third-order valence-electron chi connectivity index (χ3n) is 6.78. The highest BCUT2D eigenvalue weighted by Crippen LogP contribution is 2.45. The summed E-state index contributed by atoms with van der Waals surface area (Å²) < 4.78 is 45.8. The van der Waals surface area contributed by atoms with Gasteiger partial charge in [0.05, 0.1) is 11.7 Å². The van der Waals surface area contributed by atoms with Crippen LogP contribution in [0.4, 0.5) is 18.9 Å². The molecule has 1 amide bonds. The van der Waals surface area contributed by atoms with E-state index in [0.717, 1.165) is 36.1 Å². The Hall–Kier alpha value is -2.80. The Balaban J connectivity index is 1.65. The van der Waals surface area contributed by atoms with E-state index in [1.165, 1.54) is 12.1 Å². The van der Waals surface area contributed by atoms with Gasteiger partial charge < -0.3 is 15.2 Å². The van der Waals surface area contributed by atoms with Gasteiger partial charge in [0.15, 0.2) is 0 Å². The maximum atomic E-state index is 13.3. The van der Waals surface area contributed by atoms with Crippen LogP contribution in [0.2, 0.25) is 0 Å². The number of hydrogen-bond acceptors (Lipinski definition) is 3. The summed E-state index contributed by atoms with van der Waals surface area (Å²) in [4.78, 5) is 12.9. The Kier molecular flexibility index (Phi) is 6.27. The first-order valence-electron chi connectivity index (χ1n) is 11.4. The zero-order valence-electron chi connectivity index (χ0n) is 18.8. The number of aryl methyl sites for hydroxylation is 1. The van der Waals surface area contributed by atoms with Gasteiger partial charge in [-0.2, -0.15) is 13.2 Å². The van der Waals surface area contributed by atoms with E-state index in [2.05, 4.69) is 5.32 Å². The molecule has 0 fully saturated rings. The molecule has 0 radical (unpaired) electrons. The van der Waals surface area contributed by atoms with Crippen LogP contribution >= 0.6 is 0 Å². The van der Waals surface area contributed by atoms with Crippen molar-refractivity contribution in [1.29, 1.82) is 0 Å². The van der Waals surface area contributed by atoms with E-state index in [4.69, 9.17) is 4.74 Å². The third kappa shape index (κ3) is 4.78. The Morgan fingerprint density at radius 2 is 1.97 bits per heavy atom. The first-order chi connectivity index (χ1) is 15.6. The summed E-state index contributed by atoms with van der Waals surface area (Å²) in [5.41, 5.74) is 2.19. The van der Waals surface area contributed by atoms with Gasteiger partial charge in [-0.15, -0.1) is 0 Å². The Morgan fingerprint density at radius 1 is 1.21 bits per heavy atom. The van der Waals surface area contributed by atoms with Gasteiger partial charge in [-0.3, -0.25) is 4.79 Å². The van der Waals surface area contributed by atoms with E-state index in [9.17, 15) is 23.1 Å². The molecule has 2 aliphatic rings. The predicted molar refractivity (Wildman–Crippen MR) is 121 cm³/mol. The number of benzene rings is 2. The fourth-order valence-corrected chi connectivity index (χ4v) is 4.72. The second kappa shape index (κ2) is 8.86. The normalized spacial score (nSPS) is 20.5. The van der Waals surface area contributed by atoms with Crippen molar-refractivity contribution in [3.05, 3.63) is 64.7 Å². The molecule has 2 N–H and O–H groups in total. The number of hydrogen-bond donors (Lipinski definition) is 2. The summed E-state index contributed by atoms with van der Waals surface area (Å²) in [6, 6.07) is 8.94. The minimum atomic E-state index is -4.48. The summed E-state index contributed by atoms with van der Waals surface area (Å²) in [5.74, 6) is -0.222. The lowest BCUT2D eigenvalue weighted by molar-refractivity contribution is -0.137. The Labute approximate surface area is 191 Å². The second-order valence-electron chi connectivity index (χ2n) is 8.86. The van der Waals surface area contributed by atoms with Crippen LogP contribution in [0.3, 0.4) is 0 Å². The van der Waals surface area contributed by atoms with Crippen molar-refractivity contribution in [2.24, 2.45) is 0 Å². The maximum Gasteiger partial charge on any atom is 0.416 e. The number of rotatable bonds is 4. The molecule has 0 aromatic heterocycles. The van der Waals surface area contributed by atoms with Gasteiger partial charge in [-0.05, 0) is 73.1 Å². The molecule has 33 heavy (non-hydrogen) atoms. The number of carbonyl (C=O) groups is 1. The fourth-order valence-electron chi connectivity index (χ4n) is 4.72. The molecule has 4 rings (SSSR count). The van der Waals surface area contributed by atoms with Gasteiger partial charge in [-0.1, -0.05) is 26.0 Å². The van der Waals surface area contributed by atoms with Gasteiger partial charge in [0.25, 0.3) is 0 Å². The molecular formula is C26H28F3NO3. The molecule has 4 nitrogen and oxygen atoms in total. The molecule has 1 aliphatic carbocycles. The molecule has 0 bridgehead atoms. The van der Waals surface area contributed by atoms with Crippen molar-refractivity contribution in [1.82, 2.24) is 0 Å². The highest BCUT2D eigenvalue weighted by Gasteiger charge is 2.38. The van der Waals surface area contributed by atoms with Crippen LogP contribution in [0.15, 0.2) is 42.5 Å². The minimum Gasteiger partial charge on any atom is -0.486 e. The van der Waals surface area contributed by atoms with Crippen molar-refractivity contribution in [3.63, 3.8) is 0 Å². The topological polar surface area (TPSA) is 58.6 Å². The first kappa shape index (κ1) is 23.4. The van der Waals surface area contributed by atoms with Gasteiger partial charge in [0, 0.05) is 23.7 Å². The maximum absolute atomic E-state index is 13.3. The van der Waals surface area contributed by atoms with Crippen molar-refractivity contribution in [3.8, 4) is 5.75 Å². The van der Waals surface area contributed by atoms with E-state index >= 15 is 0 Å². The number of aliphatic hydroxyl groups is 1. The number of amides is 1. The second-order valence-corrected chi connectivity index (χ2v) is 8.86. The number of halogens is 3. The largest absolute Gasteiger partial charge is 0.486 e. The molecule has 7 heteroatoms. The van der Waals surface area contributed by atoms with Gasteiger partial charge >= 0.3 is 6.18 Å². The van der Waals surface area contributed by atoms with Crippen molar-refractivity contribution in [2.45, 2.75) is 70.3 Å². The highest BCUT2D eigenvalue weighted by atomic mass is 19.4. The summed E-state index contributed by atoms with van der Waals surface area (Å²) in [6.45, 7) is 3.86. The smallest absolute Gasteiger partial charge is 0.416 e. The van der Waals surface area contributed by atoms with Gasteiger partial charge in [0.1, 0.15) is 11.4 Å². The summed E-state index contributed by atoms with van der Waals surface area (Å²) in [5, 5.41) is 13.1. The number of carbonyl (C=O) groups excluding carboxylic acids is 1. The summed E-state index contributed by atoms with van der Waals surface area (Å²) in [7, 11) is 0. The molecule has 2 aromatic rings. The van der Waals surface area contributed by atoms with Gasteiger partial charge in [0.2, 0.25) is 5.91 Å². The van der Waals surface area contributed by atoms with E-state index in [1.807, 2.05) is 26.0 Å². The summed E-state index contributed by atoms with van der Waals surface area (Å²) >= 11 is 0. The zero-order valence-corrected chi connectivity index (χ0v) is 18.8. The molecular weight excluding hydrogens is 431 g/mol. The number of fused-ring (bicyclic) bond motifs is 2. The molecule has 1 atom stereocenters. The average molecular weight is 460 g/mol. The molecule has 0 spiro atoms. The average Bonchev–Trinajstić information content (AvgIpc) is 2.78. The Morgan fingerprint density at radius 3 is 2.67 bits per heavy atom. The van der Waals surface area contributed by atoms with Gasteiger partial charge in [-0.25, -0.2) is 0 Å². The van der Waals surface area contributed by atoms with Crippen LogP contribution in [0.5, 0.6) is 5.75 Å². The van der Waals surface area contributed by atoms with Crippen LogP contribution < -0.4 is 10.1 Å². The fraction of sp³-hybridized carbons (Fsp3) is 0.423. The third-order valence-corrected chi connectivity index (χ3v) is 6.78. The molecule has 1 heterocycles. The number of nitrogens with one attached hydrogen (secondary N) is 1.